The molecule has 0 aliphatic rings. The molecule has 7 nitrogen and oxygen atoms in total. The van der Waals surface area contributed by atoms with Gasteiger partial charge in [-0.1, -0.05) is 29.8 Å². The Bertz CT molecular complexity index is 1040. The number of anilines is 1. The Morgan fingerprint density at radius 3 is 2.54 bits per heavy atom. The van der Waals surface area contributed by atoms with Crippen molar-refractivity contribution >= 4 is 35.2 Å². The molecular formula is C20H14ClN3O4. The summed E-state index contributed by atoms with van der Waals surface area (Å²) in [4.78, 5) is 22.4. The molecule has 0 saturated heterocycles. The van der Waals surface area contributed by atoms with Gasteiger partial charge in [-0.25, -0.2) is 4.79 Å². The third kappa shape index (κ3) is 4.93. The maximum Gasteiger partial charge on any atom is 0.343 e. The van der Waals surface area contributed by atoms with E-state index >= 15 is 0 Å². The molecule has 140 valence electrons. The number of nitrogens with one attached hydrogen (secondary N) is 1. The minimum atomic E-state index is -0.675. The highest BCUT2D eigenvalue weighted by molar-refractivity contribution is 6.33. The molecule has 28 heavy (non-hydrogen) atoms. The maximum atomic E-state index is 12.1. The summed E-state index contributed by atoms with van der Waals surface area (Å²) in [6.45, 7) is 0. The number of halogens is 1. The molecule has 0 radical (unpaired) electrons. The largest absolute Gasteiger partial charge is 0.423 e. The predicted molar refractivity (Wildman–Crippen MR) is 107 cm³/mol. The summed E-state index contributed by atoms with van der Waals surface area (Å²) in [6, 6.07) is 19.2. The van der Waals surface area contributed by atoms with Crippen LogP contribution in [0.4, 0.5) is 11.4 Å². The molecule has 0 aliphatic carbocycles. The molecule has 0 bridgehead atoms. The van der Waals surface area contributed by atoms with Crippen LogP contribution in [-0.2, 0) is 0 Å². The topological polar surface area (TPSA) is 93.8 Å². The smallest absolute Gasteiger partial charge is 0.343 e. The lowest BCUT2D eigenvalue weighted by molar-refractivity contribution is -0.384. The first kappa shape index (κ1) is 19.1. The Morgan fingerprint density at radius 1 is 1.07 bits per heavy atom. The van der Waals surface area contributed by atoms with Gasteiger partial charge in [-0.15, -0.1) is 0 Å². The van der Waals surface area contributed by atoms with Gasteiger partial charge in [0.25, 0.3) is 5.69 Å². The van der Waals surface area contributed by atoms with Crippen molar-refractivity contribution in [1.29, 1.82) is 0 Å². The van der Waals surface area contributed by atoms with Crippen LogP contribution < -0.4 is 10.2 Å². The summed E-state index contributed by atoms with van der Waals surface area (Å²) >= 11 is 6.03. The molecule has 0 heterocycles. The maximum absolute atomic E-state index is 12.1. The van der Waals surface area contributed by atoms with Crippen molar-refractivity contribution in [2.75, 3.05) is 5.43 Å². The summed E-state index contributed by atoms with van der Waals surface area (Å²) in [7, 11) is 0. The van der Waals surface area contributed by atoms with E-state index in [0.29, 0.717) is 16.5 Å². The van der Waals surface area contributed by atoms with Gasteiger partial charge >= 0.3 is 5.97 Å². The van der Waals surface area contributed by atoms with Crippen LogP contribution in [0.1, 0.15) is 15.9 Å². The van der Waals surface area contributed by atoms with E-state index in [0.717, 1.165) is 5.56 Å². The zero-order chi connectivity index (χ0) is 19.9. The Morgan fingerprint density at radius 2 is 1.82 bits per heavy atom. The first-order chi connectivity index (χ1) is 13.5. The van der Waals surface area contributed by atoms with E-state index in [2.05, 4.69) is 10.5 Å². The number of para-hydroxylation sites is 1. The number of hydrogen-bond donors (Lipinski definition) is 1. The van der Waals surface area contributed by atoms with E-state index in [1.165, 1.54) is 24.3 Å². The molecule has 0 fully saturated rings. The van der Waals surface area contributed by atoms with E-state index in [4.69, 9.17) is 16.3 Å². The lowest BCUT2D eigenvalue weighted by Gasteiger charge is -2.05. The van der Waals surface area contributed by atoms with Gasteiger partial charge in [-0.05, 0) is 48.0 Å². The van der Waals surface area contributed by atoms with Crippen LogP contribution in [0.5, 0.6) is 5.75 Å². The first-order valence-corrected chi connectivity index (χ1v) is 8.51. The molecule has 0 aliphatic heterocycles. The number of hydrogen-bond acceptors (Lipinski definition) is 6. The van der Waals surface area contributed by atoms with Crippen molar-refractivity contribution in [3.63, 3.8) is 0 Å². The molecule has 0 amide bonds. The van der Waals surface area contributed by atoms with Crippen LogP contribution in [0.25, 0.3) is 0 Å². The fourth-order valence-electron chi connectivity index (χ4n) is 2.26. The third-order valence-electron chi connectivity index (χ3n) is 3.66. The third-order valence-corrected chi connectivity index (χ3v) is 3.99. The molecule has 0 saturated carbocycles. The number of carbonyl (C=O) groups excluding carboxylic acids is 1. The second-order valence-electron chi connectivity index (χ2n) is 5.62. The zero-order valence-electron chi connectivity index (χ0n) is 14.4. The molecule has 3 aromatic carbocycles. The van der Waals surface area contributed by atoms with Gasteiger partial charge in [-0.3, -0.25) is 15.5 Å². The zero-order valence-corrected chi connectivity index (χ0v) is 15.2. The summed E-state index contributed by atoms with van der Waals surface area (Å²) < 4.78 is 5.24. The fourth-order valence-corrected chi connectivity index (χ4v) is 2.44. The van der Waals surface area contributed by atoms with Gasteiger partial charge in [0.15, 0.2) is 0 Å². The summed E-state index contributed by atoms with van der Waals surface area (Å²) in [6.07, 6.45) is 1.59. The number of ether oxygens (including phenoxy) is 1. The molecule has 0 atom stereocenters. The number of carbonyl (C=O) groups is 1. The van der Waals surface area contributed by atoms with Crippen LogP contribution in [0.3, 0.4) is 0 Å². The highest BCUT2D eigenvalue weighted by Crippen LogP contribution is 2.20. The number of non-ortho nitro benzene ring substituents is 1. The van der Waals surface area contributed by atoms with Crippen molar-refractivity contribution in [2.24, 2.45) is 5.10 Å². The molecule has 0 unspecified atom stereocenters. The van der Waals surface area contributed by atoms with Gasteiger partial charge in [0.05, 0.1) is 27.4 Å². The Balaban J connectivity index is 1.62. The van der Waals surface area contributed by atoms with Gasteiger partial charge in [0, 0.05) is 12.1 Å². The monoisotopic (exact) mass is 395 g/mol. The quantitative estimate of drug-likeness (QED) is 0.210. The van der Waals surface area contributed by atoms with Crippen LogP contribution in [0, 0.1) is 10.1 Å². The van der Waals surface area contributed by atoms with Crippen molar-refractivity contribution in [1.82, 2.24) is 0 Å². The Kier molecular flexibility index (Phi) is 5.98. The molecule has 0 aromatic heterocycles. The SMILES string of the molecule is O=C(Oc1ccc(/C=N\Nc2ccccc2Cl)cc1)c1cccc([N+](=O)[O-])c1. The van der Waals surface area contributed by atoms with E-state index in [1.807, 2.05) is 12.1 Å². The molecule has 3 rings (SSSR count). The Hall–Kier alpha value is -3.71. The summed E-state index contributed by atoms with van der Waals surface area (Å²) in [5.41, 5.74) is 4.22. The lowest BCUT2D eigenvalue weighted by atomic mass is 10.2. The van der Waals surface area contributed by atoms with Crippen molar-refractivity contribution in [2.45, 2.75) is 0 Å². The molecule has 0 spiro atoms. The molecule has 8 heteroatoms. The summed E-state index contributed by atoms with van der Waals surface area (Å²) in [5, 5.41) is 15.5. The fraction of sp³-hybridized carbons (Fsp3) is 0. The van der Waals surface area contributed by atoms with Crippen molar-refractivity contribution in [3.05, 3.63) is 99.1 Å². The van der Waals surface area contributed by atoms with E-state index < -0.39 is 10.9 Å². The highest BCUT2D eigenvalue weighted by Gasteiger charge is 2.13. The van der Waals surface area contributed by atoms with Gasteiger partial charge in [0.1, 0.15) is 5.75 Å². The van der Waals surface area contributed by atoms with Crippen LogP contribution in [0.15, 0.2) is 77.9 Å². The number of esters is 1. The number of nitrogens with zero attached hydrogens (tertiary/aromatic N) is 2. The molecule has 1 N–H and O–H groups in total. The van der Waals surface area contributed by atoms with E-state index in [9.17, 15) is 14.9 Å². The van der Waals surface area contributed by atoms with Gasteiger partial charge in [-0.2, -0.15) is 5.10 Å². The minimum absolute atomic E-state index is 0.101. The van der Waals surface area contributed by atoms with E-state index in [1.54, 1.807) is 42.6 Å². The average Bonchev–Trinajstić information content (AvgIpc) is 2.71. The standard InChI is InChI=1S/C20H14ClN3O4/c21-18-6-1-2-7-19(18)23-22-13-14-8-10-17(11-9-14)28-20(25)15-4-3-5-16(12-15)24(26)27/h1-13,23H/b22-13-. The normalized spacial score (nSPS) is 10.6. The van der Waals surface area contributed by atoms with Crippen molar-refractivity contribution < 1.29 is 14.5 Å². The molecule has 3 aromatic rings. The minimum Gasteiger partial charge on any atom is -0.423 e. The van der Waals surface area contributed by atoms with Gasteiger partial charge in [0.2, 0.25) is 0 Å². The number of hydrazone groups is 1. The number of rotatable bonds is 6. The van der Waals surface area contributed by atoms with Gasteiger partial charge < -0.3 is 4.74 Å². The first-order valence-electron chi connectivity index (χ1n) is 8.13. The second-order valence-corrected chi connectivity index (χ2v) is 6.02. The van der Waals surface area contributed by atoms with Crippen molar-refractivity contribution in [3.8, 4) is 5.75 Å². The van der Waals surface area contributed by atoms with Crippen LogP contribution in [-0.4, -0.2) is 17.1 Å². The van der Waals surface area contributed by atoms with E-state index in [-0.39, 0.29) is 11.3 Å². The number of benzene rings is 3. The highest BCUT2D eigenvalue weighted by atomic mass is 35.5. The predicted octanol–water partition coefficient (Wildman–Crippen LogP) is 4.91. The summed E-state index contributed by atoms with van der Waals surface area (Å²) in [5.74, 6) is -0.363. The van der Waals surface area contributed by atoms with Crippen LogP contribution in [0.2, 0.25) is 5.02 Å². The van der Waals surface area contributed by atoms with Crippen LogP contribution >= 0.6 is 11.6 Å². The second kappa shape index (κ2) is 8.79. The Labute approximate surface area is 165 Å². The average molecular weight is 396 g/mol. The number of nitro groups is 1. The molecular weight excluding hydrogens is 382 g/mol. The lowest BCUT2D eigenvalue weighted by Crippen LogP contribution is -2.08. The number of nitro benzene ring substituents is 1.